The minimum atomic E-state index is 0. The Balaban J connectivity index is 0.000000980. The zero-order chi connectivity index (χ0) is 9.26. The zero-order valence-electron chi connectivity index (χ0n) is 8.31. The Bertz CT molecular complexity index is 318. The van der Waals surface area contributed by atoms with E-state index in [-0.39, 0.29) is 12.4 Å². The van der Waals surface area contributed by atoms with Gasteiger partial charge in [-0.2, -0.15) is 0 Å². The quantitative estimate of drug-likeness (QED) is 0.797. The third-order valence-corrected chi connectivity index (χ3v) is 2.62. The molecule has 0 spiro atoms. The van der Waals surface area contributed by atoms with Crippen LogP contribution < -0.4 is 5.73 Å². The van der Waals surface area contributed by atoms with Gasteiger partial charge in [-0.25, -0.2) is 0 Å². The summed E-state index contributed by atoms with van der Waals surface area (Å²) >= 11 is 0. The monoisotopic (exact) mass is 209 g/mol. The van der Waals surface area contributed by atoms with Gasteiger partial charge in [0.1, 0.15) is 0 Å². The fourth-order valence-electron chi connectivity index (χ4n) is 1.66. The van der Waals surface area contributed by atoms with Crippen molar-refractivity contribution in [2.75, 3.05) is 0 Å². The Morgan fingerprint density at radius 2 is 1.93 bits per heavy atom. The molecule has 0 bridgehead atoms. The molecule has 14 heavy (non-hydrogen) atoms. The number of benzene rings is 1. The SMILES string of the molecule is CC(=Cc1ccccc1)[C@@H]1CC1N.Cl. The predicted molar refractivity (Wildman–Crippen MR) is 63.4 cm³/mol. The summed E-state index contributed by atoms with van der Waals surface area (Å²) < 4.78 is 0. The van der Waals surface area contributed by atoms with E-state index < -0.39 is 0 Å². The van der Waals surface area contributed by atoms with E-state index in [0.717, 1.165) is 6.42 Å². The maximum Gasteiger partial charge on any atom is 0.0111 e. The lowest BCUT2D eigenvalue weighted by Crippen LogP contribution is -2.02. The first kappa shape index (κ1) is 11.3. The van der Waals surface area contributed by atoms with Crippen molar-refractivity contribution in [2.45, 2.75) is 19.4 Å². The van der Waals surface area contributed by atoms with E-state index in [2.05, 4.69) is 37.3 Å². The lowest BCUT2D eigenvalue weighted by atomic mass is 10.1. The molecule has 1 aliphatic rings. The molecular weight excluding hydrogens is 194 g/mol. The zero-order valence-corrected chi connectivity index (χ0v) is 9.13. The summed E-state index contributed by atoms with van der Waals surface area (Å²) in [7, 11) is 0. The number of hydrogen-bond donors (Lipinski definition) is 1. The fourth-order valence-corrected chi connectivity index (χ4v) is 1.66. The molecule has 1 unspecified atom stereocenters. The van der Waals surface area contributed by atoms with Crippen LogP contribution in [0.15, 0.2) is 35.9 Å². The van der Waals surface area contributed by atoms with Gasteiger partial charge in [0.15, 0.2) is 0 Å². The molecule has 0 amide bonds. The molecule has 1 aliphatic carbocycles. The Kier molecular flexibility index (Phi) is 3.73. The van der Waals surface area contributed by atoms with Crippen molar-refractivity contribution in [1.29, 1.82) is 0 Å². The van der Waals surface area contributed by atoms with Crippen LogP contribution in [-0.4, -0.2) is 6.04 Å². The van der Waals surface area contributed by atoms with Crippen molar-refractivity contribution in [2.24, 2.45) is 11.7 Å². The van der Waals surface area contributed by atoms with Crippen molar-refractivity contribution in [3.8, 4) is 0 Å². The first-order valence-electron chi connectivity index (χ1n) is 4.76. The predicted octanol–water partition coefficient (Wildman–Crippen LogP) is 2.86. The average molecular weight is 210 g/mol. The van der Waals surface area contributed by atoms with Crippen molar-refractivity contribution in [3.63, 3.8) is 0 Å². The van der Waals surface area contributed by atoms with Gasteiger partial charge in [-0.05, 0) is 24.8 Å². The van der Waals surface area contributed by atoms with Crippen molar-refractivity contribution in [1.82, 2.24) is 0 Å². The van der Waals surface area contributed by atoms with Crippen LogP contribution in [0.25, 0.3) is 6.08 Å². The second-order valence-corrected chi connectivity index (χ2v) is 3.81. The lowest BCUT2D eigenvalue weighted by Gasteiger charge is -1.98. The summed E-state index contributed by atoms with van der Waals surface area (Å²) in [5, 5.41) is 0. The van der Waals surface area contributed by atoms with Gasteiger partial charge >= 0.3 is 0 Å². The first-order valence-corrected chi connectivity index (χ1v) is 4.76. The van der Waals surface area contributed by atoms with Crippen LogP contribution in [-0.2, 0) is 0 Å². The van der Waals surface area contributed by atoms with Gasteiger partial charge < -0.3 is 5.73 Å². The van der Waals surface area contributed by atoms with Crippen LogP contribution in [0, 0.1) is 5.92 Å². The number of halogens is 1. The van der Waals surface area contributed by atoms with Crippen molar-refractivity contribution < 1.29 is 0 Å². The molecule has 0 saturated heterocycles. The summed E-state index contributed by atoms with van der Waals surface area (Å²) in [6, 6.07) is 10.8. The van der Waals surface area contributed by atoms with Gasteiger partial charge in [-0.15, -0.1) is 12.4 Å². The molecule has 1 aromatic carbocycles. The number of hydrogen-bond acceptors (Lipinski definition) is 1. The highest BCUT2D eigenvalue weighted by molar-refractivity contribution is 5.85. The molecule has 2 rings (SSSR count). The molecule has 2 heteroatoms. The van der Waals surface area contributed by atoms with Gasteiger partial charge in [0, 0.05) is 6.04 Å². The fraction of sp³-hybridized carbons (Fsp3) is 0.333. The lowest BCUT2D eigenvalue weighted by molar-refractivity contribution is 0.924. The van der Waals surface area contributed by atoms with Gasteiger partial charge in [-0.3, -0.25) is 0 Å². The largest absolute Gasteiger partial charge is 0.327 e. The van der Waals surface area contributed by atoms with E-state index in [4.69, 9.17) is 5.73 Å². The Hall–Kier alpha value is -0.790. The molecule has 2 N–H and O–H groups in total. The van der Waals surface area contributed by atoms with E-state index >= 15 is 0 Å². The highest BCUT2D eigenvalue weighted by Crippen LogP contribution is 2.35. The molecule has 1 aromatic rings. The summed E-state index contributed by atoms with van der Waals surface area (Å²) in [5.74, 6) is 0.639. The van der Waals surface area contributed by atoms with Crippen LogP contribution in [0.3, 0.4) is 0 Å². The standard InChI is InChI=1S/C12H15N.ClH/c1-9(11-8-12(11)13)7-10-5-3-2-4-6-10;/h2-7,11-12H,8,13H2,1H3;1H/t11-,12?;/m0./s1. The third-order valence-electron chi connectivity index (χ3n) is 2.62. The molecule has 1 nitrogen and oxygen atoms in total. The van der Waals surface area contributed by atoms with Gasteiger partial charge in [-0.1, -0.05) is 42.0 Å². The van der Waals surface area contributed by atoms with Gasteiger partial charge in [0.25, 0.3) is 0 Å². The van der Waals surface area contributed by atoms with Crippen LogP contribution in [0.2, 0.25) is 0 Å². The highest BCUT2D eigenvalue weighted by atomic mass is 35.5. The average Bonchev–Trinajstić information content (AvgIpc) is 2.84. The summed E-state index contributed by atoms with van der Waals surface area (Å²) in [5.41, 5.74) is 8.47. The summed E-state index contributed by atoms with van der Waals surface area (Å²) in [4.78, 5) is 0. The Labute approximate surface area is 91.4 Å². The molecule has 0 radical (unpaired) electrons. The van der Waals surface area contributed by atoms with Crippen LogP contribution in [0.4, 0.5) is 0 Å². The van der Waals surface area contributed by atoms with Crippen molar-refractivity contribution in [3.05, 3.63) is 41.5 Å². The Morgan fingerprint density at radius 3 is 2.43 bits per heavy atom. The normalized spacial score (nSPS) is 25.4. The molecule has 0 heterocycles. The van der Waals surface area contributed by atoms with E-state index in [0.29, 0.717) is 12.0 Å². The van der Waals surface area contributed by atoms with Crippen LogP contribution >= 0.6 is 12.4 Å². The molecule has 0 aliphatic heterocycles. The van der Waals surface area contributed by atoms with Crippen LogP contribution in [0.1, 0.15) is 18.9 Å². The third kappa shape index (κ3) is 2.60. The maximum absolute atomic E-state index is 5.78. The highest BCUT2D eigenvalue weighted by Gasteiger charge is 2.34. The summed E-state index contributed by atoms with van der Waals surface area (Å²) in [6.45, 7) is 2.17. The Morgan fingerprint density at radius 1 is 1.36 bits per heavy atom. The maximum atomic E-state index is 5.78. The molecule has 2 atom stereocenters. The minimum Gasteiger partial charge on any atom is -0.327 e. The number of rotatable bonds is 2. The van der Waals surface area contributed by atoms with E-state index in [1.165, 1.54) is 11.1 Å². The van der Waals surface area contributed by atoms with Gasteiger partial charge in [0.05, 0.1) is 0 Å². The van der Waals surface area contributed by atoms with Gasteiger partial charge in [0.2, 0.25) is 0 Å². The first-order chi connectivity index (χ1) is 6.27. The topological polar surface area (TPSA) is 26.0 Å². The molecular formula is C12H16ClN. The second-order valence-electron chi connectivity index (χ2n) is 3.81. The van der Waals surface area contributed by atoms with E-state index in [1.54, 1.807) is 0 Å². The minimum absolute atomic E-state index is 0. The molecule has 1 fully saturated rings. The number of nitrogens with two attached hydrogens (primary N) is 1. The van der Waals surface area contributed by atoms with E-state index in [1.807, 2.05) is 6.07 Å². The van der Waals surface area contributed by atoms with E-state index in [9.17, 15) is 0 Å². The smallest absolute Gasteiger partial charge is 0.0111 e. The molecule has 76 valence electrons. The van der Waals surface area contributed by atoms with Crippen molar-refractivity contribution >= 4 is 18.5 Å². The molecule has 0 aromatic heterocycles. The molecule has 1 saturated carbocycles. The second kappa shape index (κ2) is 4.63. The summed E-state index contributed by atoms with van der Waals surface area (Å²) in [6.07, 6.45) is 3.40. The van der Waals surface area contributed by atoms with Crippen LogP contribution in [0.5, 0.6) is 0 Å².